The Hall–Kier alpha value is -0.850. The lowest BCUT2D eigenvalue weighted by Gasteiger charge is -2.37. The second-order valence-corrected chi connectivity index (χ2v) is 6.73. The van der Waals surface area contributed by atoms with Crippen molar-refractivity contribution in [1.82, 2.24) is 15.5 Å². The number of aliphatic imine (C=N–C) groups is 1. The molecule has 0 aromatic carbocycles. The number of rotatable bonds is 7. The van der Waals surface area contributed by atoms with Gasteiger partial charge in [0.15, 0.2) is 5.96 Å². The van der Waals surface area contributed by atoms with Crippen LogP contribution in [-0.2, 0) is 9.47 Å². The Bertz CT molecular complexity index is 339. The molecule has 0 aromatic heterocycles. The Kier molecular flexibility index (Phi) is 8.14. The first-order valence-corrected chi connectivity index (χ1v) is 8.21. The normalized spacial score (nSPS) is 19.3. The summed E-state index contributed by atoms with van der Waals surface area (Å²) in [4.78, 5) is 6.80. The van der Waals surface area contributed by atoms with E-state index in [-0.39, 0.29) is 5.60 Å². The van der Waals surface area contributed by atoms with Gasteiger partial charge in [-0.3, -0.25) is 9.89 Å². The molecular formula is C16H34N4O2. The first kappa shape index (κ1) is 19.2. The fourth-order valence-electron chi connectivity index (χ4n) is 2.49. The summed E-state index contributed by atoms with van der Waals surface area (Å²) in [5.41, 5.74) is -0.209. The molecule has 1 saturated heterocycles. The van der Waals surface area contributed by atoms with Crippen LogP contribution in [0.3, 0.4) is 0 Å². The van der Waals surface area contributed by atoms with Crippen molar-refractivity contribution in [2.45, 2.75) is 39.3 Å². The third kappa shape index (κ3) is 6.50. The van der Waals surface area contributed by atoms with Crippen molar-refractivity contribution in [3.05, 3.63) is 0 Å². The maximum atomic E-state index is 5.45. The van der Waals surface area contributed by atoms with E-state index in [2.05, 4.69) is 48.2 Å². The van der Waals surface area contributed by atoms with E-state index >= 15 is 0 Å². The SMILES string of the molecule is CN=C(NCC(C(C)C)N1CCOCC1)NCC(C)(C)OC. The zero-order valence-electron chi connectivity index (χ0n) is 15.1. The quantitative estimate of drug-likeness (QED) is 0.541. The first-order chi connectivity index (χ1) is 10.4. The van der Waals surface area contributed by atoms with E-state index in [1.807, 2.05) is 0 Å². The summed E-state index contributed by atoms with van der Waals surface area (Å²) in [6.45, 7) is 13.9. The van der Waals surface area contributed by atoms with E-state index in [9.17, 15) is 0 Å². The van der Waals surface area contributed by atoms with Crippen LogP contribution in [0, 0.1) is 5.92 Å². The Morgan fingerprint density at radius 3 is 2.41 bits per heavy atom. The van der Waals surface area contributed by atoms with Crippen LogP contribution in [0.25, 0.3) is 0 Å². The van der Waals surface area contributed by atoms with Gasteiger partial charge in [0.1, 0.15) is 0 Å². The summed E-state index contributed by atoms with van der Waals surface area (Å²) in [6, 6.07) is 0.484. The molecule has 130 valence electrons. The van der Waals surface area contributed by atoms with E-state index in [4.69, 9.17) is 9.47 Å². The predicted octanol–water partition coefficient (Wildman–Crippen LogP) is 0.933. The minimum Gasteiger partial charge on any atom is -0.379 e. The van der Waals surface area contributed by atoms with Gasteiger partial charge < -0.3 is 20.1 Å². The van der Waals surface area contributed by atoms with Crippen LogP contribution in [0.2, 0.25) is 0 Å². The Labute approximate surface area is 135 Å². The molecule has 22 heavy (non-hydrogen) atoms. The number of morpholine rings is 1. The second-order valence-electron chi connectivity index (χ2n) is 6.73. The van der Waals surface area contributed by atoms with Gasteiger partial charge in [-0.1, -0.05) is 13.8 Å². The number of guanidine groups is 1. The van der Waals surface area contributed by atoms with Gasteiger partial charge in [0.2, 0.25) is 0 Å². The van der Waals surface area contributed by atoms with Crippen molar-refractivity contribution in [2.24, 2.45) is 10.9 Å². The molecule has 0 aromatic rings. The summed E-state index contributed by atoms with van der Waals surface area (Å²) in [7, 11) is 3.53. The van der Waals surface area contributed by atoms with Gasteiger partial charge in [0.05, 0.1) is 18.8 Å². The summed E-state index contributed by atoms with van der Waals surface area (Å²) >= 11 is 0. The van der Waals surface area contributed by atoms with E-state index < -0.39 is 0 Å². The predicted molar refractivity (Wildman–Crippen MR) is 91.5 cm³/mol. The van der Waals surface area contributed by atoms with Gasteiger partial charge in [-0.2, -0.15) is 0 Å². The van der Waals surface area contributed by atoms with Gasteiger partial charge in [-0.05, 0) is 19.8 Å². The van der Waals surface area contributed by atoms with Gasteiger partial charge in [-0.25, -0.2) is 0 Å². The molecule has 1 aliphatic heterocycles. The lowest BCUT2D eigenvalue weighted by molar-refractivity contribution is 0.00739. The van der Waals surface area contributed by atoms with Gasteiger partial charge in [0.25, 0.3) is 0 Å². The first-order valence-electron chi connectivity index (χ1n) is 8.21. The maximum Gasteiger partial charge on any atom is 0.191 e. The molecule has 1 fully saturated rings. The average Bonchev–Trinajstić information content (AvgIpc) is 2.51. The van der Waals surface area contributed by atoms with Crippen molar-refractivity contribution < 1.29 is 9.47 Å². The topological polar surface area (TPSA) is 58.1 Å². The van der Waals surface area contributed by atoms with Crippen LogP contribution in [0.4, 0.5) is 0 Å². The van der Waals surface area contributed by atoms with Gasteiger partial charge in [-0.15, -0.1) is 0 Å². The van der Waals surface area contributed by atoms with E-state index in [0.717, 1.165) is 38.8 Å². The summed E-state index contributed by atoms with van der Waals surface area (Å²) in [6.07, 6.45) is 0. The van der Waals surface area contributed by atoms with Crippen molar-refractivity contribution in [2.75, 3.05) is 53.6 Å². The molecule has 0 saturated carbocycles. The van der Waals surface area contributed by atoms with E-state index in [1.165, 1.54) is 0 Å². The molecule has 1 aliphatic rings. The summed E-state index contributed by atoms with van der Waals surface area (Å²) in [5, 5.41) is 6.77. The van der Waals surface area contributed by atoms with Gasteiger partial charge in [0, 0.05) is 46.4 Å². The molecule has 1 atom stereocenters. The molecule has 0 radical (unpaired) electrons. The third-order valence-corrected chi connectivity index (χ3v) is 4.22. The number of methoxy groups -OCH3 is 1. The van der Waals surface area contributed by atoms with Gasteiger partial charge >= 0.3 is 0 Å². The zero-order valence-corrected chi connectivity index (χ0v) is 15.1. The summed E-state index contributed by atoms with van der Waals surface area (Å²) < 4.78 is 10.9. The smallest absolute Gasteiger partial charge is 0.191 e. The number of hydrogen-bond donors (Lipinski definition) is 2. The highest BCUT2D eigenvalue weighted by Crippen LogP contribution is 2.12. The molecule has 6 nitrogen and oxygen atoms in total. The van der Waals surface area contributed by atoms with E-state index in [1.54, 1.807) is 14.2 Å². The molecule has 6 heteroatoms. The minimum absolute atomic E-state index is 0.209. The van der Waals surface area contributed by atoms with Crippen LogP contribution in [0.5, 0.6) is 0 Å². The fraction of sp³-hybridized carbons (Fsp3) is 0.938. The van der Waals surface area contributed by atoms with Crippen LogP contribution < -0.4 is 10.6 Å². The number of ether oxygens (including phenoxy) is 2. The highest BCUT2D eigenvalue weighted by Gasteiger charge is 2.24. The highest BCUT2D eigenvalue weighted by molar-refractivity contribution is 5.79. The molecule has 0 aliphatic carbocycles. The monoisotopic (exact) mass is 314 g/mol. The van der Waals surface area contributed by atoms with Crippen LogP contribution >= 0.6 is 0 Å². The fourth-order valence-corrected chi connectivity index (χ4v) is 2.49. The molecule has 0 spiro atoms. The largest absolute Gasteiger partial charge is 0.379 e. The Morgan fingerprint density at radius 1 is 1.27 bits per heavy atom. The lowest BCUT2D eigenvalue weighted by Crippen LogP contribution is -2.53. The van der Waals surface area contributed by atoms with Crippen molar-refractivity contribution in [3.63, 3.8) is 0 Å². The minimum atomic E-state index is -0.209. The number of nitrogens with one attached hydrogen (secondary N) is 2. The molecule has 1 heterocycles. The molecule has 0 amide bonds. The number of nitrogens with zero attached hydrogens (tertiary/aromatic N) is 2. The molecule has 1 rings (SSSR count). The molecular weight excluding hydrogens is 280 g/mol. The van der Waals surface area contributed by atoms with Crippen molar-refractivity contribution in [3.8, 4) is 0 Å². The molecule has 1 unspecified atom stereocenters. The van der Waals surface area contributed by atoms with Crippen LogP contribution in [0.1, 0.15) is 27.7 Å². The lowest BCUT2D eigenvalue weighted by atomic mass is 10.0. The standard InChI is InChI=1S/C16H34N4O2/c1-13(2)14(20-7-9-22-10-8-20)11-18-15(17-5)19-12-16(3,4)21-6/h13-14H,7-12H2,1-6H3,(H2,17,18,19). The number of hydrogen-bond acceptors (Lipinski definition) is 4. The zero-order chi connectivity index (χ0) is 16.6. The average molecular weight is 314 g/mol. The van der Waals surface area contributed by atoms with Crippen molar-refractivity contribution >= 4 is 5.96 Å². The van der Waals surface area contributed by atoms with E-state index in [0.29, 0.717) is 18.5 Å². The van der Waals surface area contributed by atoms with Crippen molar-refractivity contribution in [1.29, 1.82) is 0 Å². The molecule has 0 bridgehead atoms. The summed E-state index contributed by atoms with van der Waals surface area (Å²) in [5.74, 6) is 1.41. The highest BCUT2D eigenvalue weighted by atomic mass is 16.5. The Morgan fingerprint density at radius 2 is 1.91 bits per heavy atom. The van der Waals surface area contributed by atoms with Crippen LogP contribution in [-0.4, -0.2) is 76.1 Å². The maximum absolute atomic E-state index is 5.45. The molecule has 2 N–H and O–H groups in total. The third-order valence-electron chi connectivity index (χ3n) is 4.22. The Balaban J connectivity index is 2.48. The van der Waals surface area contributed by atoms with Crippen LogP contribution in [0.15, 0.2) is 4.99 Å². The second kappa shape index (κ2) is 9.33.